The van der Waals surface area contributed by atoms with E-state index in [1.807, 2.05) is 0 Å². The third-order valence-electron chi connectivity index (χ3n) is 3.89. The van der Waals surface area contributed by atoms with Crippen LogP contribution in [0.1, 0.15) is 5.56 Å². The summed E-state index contributed by atoms with van der Waals surface area (Å²) in [6.45, 7) is 0. The fraction of sp³-hybridized carbons (Fsp3) is 0.105. The van der Waals surface area contributed by atoms with E-state index < -0.39 is 17.7 Å². The number of halogens is 6. The van der Waals surface area contributed by atoms with Gasteiger partial charge in [0, 0.05) is 7.05 Å². The number of aromatic nitrogens is 2. The van der Waals surface area contributed by atoms with Crippen molar-refractivity contribution in [3.63, 3.8) is 0 Å². The van der Waals surface area contributed by atoms with Crippen LogP contribution >= 0.6 is 23.2 Å². The summed E-state index contributed by atoms with van der Waals surface area (Å²) >= 11 is 11.9. The number of anilines is 1. The lowest BCUT2D eigenvalue weighted by Crippen LogP contribution is -2.24. The monoisotopic (exact) mass is 474 g/mol. The Bertz CT molecular complexity index is 1180. The fourth-order valence-electron chi connectivity index (χ4n) is 2.42. The predicted molar refractivity (Wildman–Crippen MR) is 109 cm³/mol. The molecule has 0 saturated carbocycles. The number of nitrogens with zero attached hydrogens (tertiary/aromatic N) is 4. The van der Waals surface area contributed by atoms with Crippen LogP contribution in [0, 0.1) is 5.82 Å². The van der Waals surface area contributed by atoms with Crippen LogP contribution in [-0.2, 0) is 0 Å². The van der Waals surface area contributed by atoms with Gasteiger partial charge in [0.05, 0.1) is 23.1 Å². The van der Waals surface area contributed by atoms with E-state index in [2.05, 4.69) is 14.9 Å². The number of hydrazone groups is 1. The summed E-state index contributed by atoms with van der Waals surface area (Å²) in [4.78, 5) is 12.6. The Morgan fingerprint density at radius 3 is 2.45 bits per heavy atom. The molecule has 162 valence electrons. The van der Waals surface area contributed by atoms with E-state index in [-0.39, 0.29) is 27.2 Å². The summed E-state index contributed by atoms with van der Waals surface area (Å²) in [5, 5.41) is 8.98. The molecule has 0 aliphatic carbocycles. The predicted octanol–water partition coefficient (Wildman–Crippen LogP) is 5.05. The quantitative estimate of drug-likeness (QED) is 0.295. The van der Waals surface area contributed by atoms with Crippen LogP contribution in [0.25, 0.3) is 5.69 Å². The molecule has 0 fully saturated rings. The van der Waals surface area contributed by atoms with Gasteiger partial charge in [0.25, 0.3) is 5.56 Å². The van der Waals surface area contributed by atoms with Gasteiger partial charge in [-0.25, -0.2) is 4.39 Å². The van der Waals surface area contributed by atoms with Crippen LogP contribution in [0.15, 0.2) is 58.6 Å². The van der Waals surface area contributed by atoms with Crippen LogP contribution < -0.4 is 15.3 Å². The van der Waals surface area contributed by atoms with E-state index in [4.69, 9.17) is 23.2 Å². The minimum absolute atomic E-state index is 0.171. The molecular formula is C19H12Cl2F4N4O2. The van der Waals surface area contributed by atoms with Gasteiger partial charge in [-0.1, -0.05) is 23.2 Å². The maximum Gasteiger partial charge on any atom is 0.573 e. The summed E-state index contributed by atoms with van der Waals surface area (Å²) in [7, 11) is 1.50. The summed E-state index contributed by atoms with van der Waals surface area (Å²) in [5.41, 5.74) is 0.180. The van der Waals surface area contributed by atoms with Gasteiger partial charge in [-0.15, -0.1) is 13.2 Å². The first-order valence-electron chi connectivity index (χ1n) is 8.42. The zero-order valence-corrected chi connectivity index (χ0v) is 17.1. The maximum absolute atomic E-state index is 13.3. The number of hydrogen-bond donors (Lipinski definition) is 0. The second-order valence-electron chi connectivity index (χ2n) is 6.04. The molecule has 0 amide bonds. The van der Waals surface area contributed by atoms with E-state index in [0.717, 1.165) is 22.9 Å². The number of ether oxygens (including phenoxy) is 1. The van der Waals surface area contributed by atoms with Gasteiger partial charge in [0.2, 0.25) is 0 Å². The van der Waals surface area contributed by atoms with E-state index in [0.29, 0.717) is 5.56 Å². The molecule has 0 saturated heterocycles. The van der Waals surface area contributed by atoms with Crippen molar-refractivity contribution in [2.75, 3.05) is 12.1 Å². The van der Waals surface area contributed by atoms with Crippen molar-refractivity contribution in [3.05, 3.63) is 80.4 Å². The average molecular weight is 475 g/mol. The summed E-state index contributed by atoms with van der Waals surface area (Å²) in [6.07, 6.45) is -2.16. The molecule has 3 aromatic rings. The minimum Gasteiger partial charge on any atom is -0.406 e. The Kier molecular flexibility index (Phi) is 6.51. The first-order valence-corrected chi connectivity index (χ1v) is 9.17. The second-order valence-corrected chi connectivity index (χ2v) is 6.83. The molecule has 0 N–H and O–H groups in total. The lowest BCUT2D eigenvalue weighted by atomic mass is 10.2. The summed E-state index contributed by atoms with van der Waals surface area (Å²) < 4.78 is 54.7. The molecule has 0 aliphatic rings. The highest BCUT2D eigenvalue weighted by molar-refractivity contribution is 6.33. The lowest BCUT2D eigenvalue weighted by Gasteiger charge is -2.15. The van der Waals surface area contributed by atoms with Crippen molar-refractivity contribution in [3.8, 4) is 11.4 Å². The van der Waals surface area contributed by atoms with E-state index in [1.165, 1.54) is 48.7 Å². The van der Waals surface area contributed by atoms with Crippen molar-refractivity contribution < 1.29 is 22.3 Å². The molecule has 1 heterocycles. The fourth-order valence-corrected chi connectivity index (χ4v) is 2.85. The van der Waals surface area contributed by atoms with Crippen molar-refractivity contribution >= 4 is 35.1 Å². The molecule has 12 heteroatoms. The molecule has 0 spiro atoms. The van der Waals surface area contributed by atoms with Crippen LogP contribution in [0.2, 0.25) is 10.0 Å². The third-order valence-corrected chi connectivity index (χ3v) is 4.54. The number of benzene rings is 2. The molecule has 0 bridgehead atoms. The van der Waals surface area contributed by atoms with Gasteiger partial charge >= 0.3 is 6.36 Å². The molecule has 2 aromatic carbocycles. The van der Waals surface area contributed by atoms with Crippen molar-refractivity contribution in [1.82, 2.24) is 9.78 Å². The normalized spacial score (nSPS) is 11.7. The summed E-state index contributed by atoms with van der Waals surface area (Å²) in [6, 6.07) is 8.66. The molecular weight excluding hydrogens is 463 g/mol. The van der Waals surface area contributed by atoms with Gasteiger partial charge in [0.1, 0.15) is 22.3 Å². The molecule has 1 aromatic heterocycles. The van der Waals surface area contributed by atoms with Crippen LogP contribution in [0.3, 0.4) is 0 Å². The zero-order valence-electron chi connectivity index (χ0n) is 15.6. The Morgan fingerprint density at radius 2 is 1.84 bits per heavy atom. The van der Waals surface area contributed by atoms with Gasteiger partial charge < -0.3 is 4.74 Å². The molecule has 0 aliphatic heterocycles. The van der Waals surface area contributed by atoms with E-state index >= 15 is 0 Å². The highest BCUT2D eigenvalue weighted by atomic mass is 35.5. The molecule has 3 rings (SSSR count). The lowest BCUT2D eigenvalue weighted by molar-refractivity contribution is -0.274. The second kappa shape index (κ2) is 8.94. The van der Waals surface area contributed by atoms with Crippen molar-refractivity contribution in [2.45, 2.75) is 6.36 Å². The van der Waals surface area contributed by atoms with Crippen molar-refractivity contribution in [1.29, 1.82) is 0 Å². The van der Waals surface area contributed by atoms with Gasteiger partial charge in [0.15, 0.2) is 0 Å². The Labute approximate surface area is 182 Å². The van der Waals surface area contributed by atoms with Crippen molar-refractivity contribution in [2.24, 2.45) is 5.10 Å². The highest BCUT2D eigenvalue weighted by Gasteiger charge is 2.30. The molecule has 6 nitrogen and oxygen atoms in total. The molecule has 31 heavy (non-hydrogen) atoms. The topological polar surface area (TPSA) is 59.7 Å². The number of hydrogen-bond acceptors (Lipinski definition) is 5. The van der Waals surface area contributed by atoms with Gasteiger partial charge in [-0.3, -0.25) is 9.80 Å². The maximum atomic E-state index is 13.3. The number of rotatable bonds is 5. The van der Waals surface area contributed by atoms with Crippen LogP contribution in [0.4, 0.5) is 23.2 Å². The molecule has 0 radical (unpaired) electrons. The Hall–Kier alpha value is -3.11. The molecule has 0 atom stereocenters. The standard InChI is InChI=1S/C19H12Cl2F4N4O2/c1-28(26-9-11-2-5-13(6-3-11)31-19(23,24)25)16-10-27-29(18(30)17(16)21)12-4-7-15(22)14(20)8-12/h2-10H,1H3/b26-9+. The summed E-state index contributed by atoms with van der Waals surface area (Å²) in [5.74, 6) is -1.01. The van der Waals surface area contributed by atoms with Gasteiger partial charge in [-0.05, 0) is 48.0 Å². The van der Waals surface area contributed by atoms with E-state index in [9.17, 15) is 22.4 Å². The Balaban J connectivity index is 1.80. The first-order chi connectivity index (χ1) is 14.5. The average Bonchev–Trinajstić information content (AvgIpc) is 2.70. The zero-order chi connectivity index (χ0) is 22.8. The van der Waals surface area contributed by atoms with Crippen LogP contribution in [-0.4, -0.2) is 29.4 Å². The SMILES string of the molecule is CN(/N=C/c1ccc(OC(F)(F)F)cc1)c1cnn(-c2ccc(F)c(Cl)c2)c(=O)c1Cl. The van der Waals surface area contributed by atoms with E-state index in [1.54, 1.807) is 0 Å². The smallest absolute Gasteiger partial charge is 0.406 e. The largest absolute Gasteiger partial charge is 0.573 e. The Morgan fingerprint density at radius 1 is 1.16 bits per heavy atom. The third kappa shape index (κ3) is 5.53. The van der Waals surface area contributed by atoms with Crippen LogP contribution in [0.5, 0.6) is 5.75 Å². The first kappa shape index (κ1) is 22.6. The minimum atomic E-state index is -4.78. The van der Waals surface area contributed by atoms with Gasteiger partial charge in [-0.2, -0.15) is 14.9 Å². The molecule has 0 unspecified atom stereocenters. The number of alkyl halides is 3. The highest BCUT2D eigenvalue weighted by Crippen LogP contribution is 2.24.